The molecule has 4 rings (SSSR count). The molecule has 7 heteroatoms. The number of amides is 2. The zero-order chi connectivity index (χ0) is 20.1. The van der Waals surface area contributed by atoms with Gasteiger partial charge in [-0.1, -0.05) is 24.3 Å². The highest BCUT2D eigenvalue weighted by Gasteiger charge is 2.12. The lowest BCUT2D eigenvalue weighted by atomic mass is 10.1. The third-order valence-electron chi connectivity index (χ3n) is 4.19. The van der Waals surface area contributed by atoms with Gasteiger partial charge in [-0.25, -0.2) is 5.43 Å². The van der Waals surface area contributed by atoms with Gasteiger partial charge in [0.1, 0.15) is 0 Å². The van der Waals surface area contributed by atoms with Crippen molar-refractivity contribution in [2.24, 2.45) is 5.10 Å². The summed E-state index contributed by atoms with van der Waals surface area (Å²) in [6.45, 7) is 0.198. The van der Waals surface area contributed by atoms with Crippen molar-refractivity contribution in [1.82, 2.24) is 5.43 Å². The Bertz CT molecular complexity index is 1080. The van der Waals surface area contributed by atoms with Crippen molar-refractivity contribution in [2.75, 3.05) is 12.1 Å². The molecule has 29 heavy (non-hydrogen) atoms. The number of nitrogens with zero attached hydrogens (tertiary/aromatic N) is 1. The van der Waals surface area contributed by atoms with E-state index in [9.17, 15) is 9.59 Å². The molecule has 7 nitrogen and oxygen atoms in total. The number of hydrogen-bond acceptors (Lipinski definition) is 5. The molecule has 2 amide bonds. The van der Waals surface area contributed by atoms with Crippen LogP contribution >= 0.6 is 0 Å². The van der Waals surface area contributed by atoms with Crippen molar-refractivity contribution < 1.29 is 19.1 Å². The zero-order valence-electron chi connectivity index (χ0n) is 15.3. The van der Waals surface area contributed by atoms with Crippen LogP contribution in [0.3, 0.4) is 0 Å². The second kappa shape index (κ2) is 8.26. The molecular weight excluding hydrogens is 370 g/mol. The van der Waals surface area contributed by atoms with Gasteiger partial charge in [-0.3, -0.25) is 9.59 Å². The van der Waals surface area contributed by atoms with Crippen molar-refractivity contribution in [3.8, 4) is 11.5 Å². The van der Waals surface area contributed by atoms with E-state index in [1.807, 2.05) is 12.1 Å². The van der Waals surface area contributed by atoms with Gasteiger partial charge in [-0.15, -0.1) is 0 Å². The molecule has 144 valence electrons. The highest BCUT2D eigenvalue weighted by Crippen LogP contribution is 2.31. The van der Waals surface area contributed by atoms with Crippen molar-refractivity contribution in [3.05, 3.63) is 89.5 Å². The summed E-state index contributed by atoms with van der Waals surface area (Å²) in [5, 5.41) is 6.75. The second-order valence-corrected chi connectivity index (χ2v) is 6.21. The largest absolute Gasteiger partial charge is 0.454 e. The number of anilines is 1. The van der Waals surface area contributed by atoms with Gasteiger partial charge in [0.2, 0.25) is 6.79 Å². The molecule has 0 saturated heterocycles. The van der Waals surface area contributed by atoms with Gasteiger partial charge in [-0.2, -0.15) is 5.10 Å². The van der Waals surface area contributed by atoms with E-state index >= 15 is 0 Å². The van der Waals surface area contributed by atoms with E-state index in [0.29, 0.717) is 28.3 Å². The Morgan fingerprint density at radius 1 is 0.828 bits per heavy atom. The van der Waals surface area contributed by atoms with Crippen LogP contribution in [0.1, 0.15) is 26.3 Å². The zero-order valence-corrected chi connectivity index (χ0v) is 15.3. The molecule has 0 bridgehead atoms. The Kier molecular flexibility index (Phi) is 5.20. The molecule has 3 aromatic rings. The maximum atomic E-state index is 12.3. The molecule has 1 heterocycles. The summed E-state index contributed by atoms with van der Waals surface area (Å²) < 4.78 is 10.6. The lowest BCUT2D eigenvalue weighted by Gasteiger charge is -2.07. The van der Waals surface area contributed by atoms with E-state index in [2.05, 4.69) is 15.8 Å². The molecule has 0 aliphatic carbocycles. The molecule has 0 atom stereocenters. The second-order valence-electron chi connectivity index (χ2n) is 6.21. The molecule has 0 aromatic heterocycles. The van der Waals surface area contributed by atoms with Crippen LogP contribution in [0, 0.1) is 0 Å². The van der Waals surface area contributed by atoms with E-state index in [1.54, 1.807) is 60.7 Å². The number of rotatable bonds is 5. The number of hydrazone groups is 1. The summed E-state index contributed by atoms with van der Waals surface area (Å²) in [5.74, 6) is 0.685. The fourth-order valence-electron chi connectivity index (χ4n) is 2.75. The van der Waals surface area contributed by atoms with E-state index < -0.39 is 5.91 Å². The summed E-state index contributed by atoms with van der Waals surface area (Å²) >= 11 is 0. The summed E-state index contributed by atoms with van der Waals surface area (Å²) in [6.07, 6.45) is 1.51. The normalized spacial score (nSPS) is 12.0. The SMILES string of the molecule is O=C(N/N=C/c1ccc2c(c1)OCO2)c1cccc(NC(=O)c2ccccc2)c1. The van der Waals surface area contributed by atoms with E-state index in [-0.39, 0.29) is 12.7 Å². The average molecular weight is 387 g/mol. The van der Waals surface area contributed by atoms with E-state index in [1.165, 1.54) is 6.21 Å². The van der Waals surface area contributed by atoms with Gasteiger partial charge in [-0.05, 0) is 54.1 Å². The molecule has 0 unspecified atom stereocenters. The summed E-state index contributed by atoms with van der Waals surface area (Å²) in [4.78, 5) is 24.6. The molecule has 1 aliphatic heterocycles. The highest BCUT2D eigenvalue weighted by atomic mass is 16.7. The molecule has 0 radical (unpaired) electrons. The van der Waals surface area contributed by atoms with Crippen molar-refractivity contribution in [2.45, 2.75) is 0 Å². The van der Waals surface area contributed by atoms with Crippen LogP contribution in [0.5, 0.6) is 11.5 Å². The van der Waals surface area contributed by atoms with Crippen molar-refractivity contribution in [3.63, 3.8) is 0 Å². The molecule has 1 aliphatic rings. The van der Waals surface area contributed by atoms with Crippen LogP contribution in [-0.2, 0) is 0 Å². The third kappa shape index (κ3) is 4.41. The first-order chi connectivity index (χ1) is 14.2. The summed E-state index contributed by atoms with van der Waals surface area (Å²) in [5.41, 5.74) is 4.67. The maximum absolute atomic E-state index is 12.3. The first-order valence-corrected chi connectivity index (χ1v) is 8.88. The van der Waals surface area contributed by atoms with Crippen molar-refractivity contribution >= 4 is 23.7 Å². The minimum atomic E-state index is -0.391. The summed E-state index contributed by atoms with van der Waals surface area (Å²) in [7, 11) is 0. The van der Waals surface area contributed by atoms with Gasteiger partial charge in [0.15, 0.2) is 11.5 Å². The fourth-order valence-corrected chi connectivity index (χ4v) is 2.75. The number of nitrogens with one attached hydrogen (secondary N) is 2. The Morgan fingerprint density at radius 3 is 2.48 bits per heavy atom. The van der Waals surface area contributed by atoms with Crippen LogP contribution < -0.4 is 20.2 Å². The number of fused-ring (bicyclic) bond motifs is 1. The Balaban J connectivity index is 1.39. The molecule has 2 N–H and O–H groups in total. The Morgan fingerprint density at radius 2 is 1.62 bits per heavy atom. The maximum Gasteiger partial charge on any atom is 0.271 e. The highest BCUT2D eigenvalue weighted by molar-refractivity contribution is 6.05. The number of ether oxygens (including phenoxy) is 2. The van der Waals surface area contributed by atoms with E-state index in [4.69, 9.17) is 9.47 Å². The molecule has 3 aromatic carbocycles. The van der Waals surface area contributed by atoms with Crippen LogP contribution in [-0.4, -0.2) is 24.8 Å². The van der Waals surface area contributed by atoms with Gasteiger partial charge >= 0.3 is 0 Å². The van der Waals surface area contributed by atoms with Gasteiger partial charge < -0.3 is 14.8 Å². The number of benzene rings is 3. The first-order valence-electron chi connectivity index (χ1n) is 8.88. The molecule has 0 spiro atoms. The smallest absolute Gasteiger partial charge is 0.271 e. The van der Waals surface area contributed by atoms with Gasteiger partial charge in [0.25, 0.3) is 11.8 Å². The monoisotopic (exact) mass is 387 g/mol. The quantitative estimate of drug-likeness (QED) is 0.519. The Hall–Kier alpha value is -4.13. The number of carbonyl (C=O) groups is 2. The van der Waals surface area contributed by atoms with E-state index in [0.717, 1.165) is 5.56 Å². The minimum Gasteiger partial charge on any atom is -0.454 e. The van der Waals surface area contributed by atoms with Crippen molar-refractivity contribution in [1.29, 1.82) is 0 Å². The lowest BCUT2D eigenvalue weighted by Crippen LogP contribution is -2.18. The van der Waals surface area contributed by atoms with Crippen LogP contribution in [0.2, 0.25) is 0 Å². The lowest BCUT2D eigenvalue weighted by molar-refractivity contribution is 0.0953. The van der Waals surface area contributed by atoms with Gasteiger partial charge in [0.05, 0.1) is 6.21 Å². The molecule has 0 fully saturated rings. The predicted octanol–water partition coefficient (Wildman–Crippen LogP) is 3.43. The molecule has 0 saturated carbocycles. The van der Waals surface area contributed by atoms with Crippen LogP contribution in [0.4, 0.5) is 5.69 Å². The minimum absolute atomic E-state index is 0.198. The van der Waals surface area contributed by atoms with Crippen LogP contribution in [0.25, 0.3) is 0 Å². The molecular formula is C22H17N3O4. The average Bonchev–Trinajstić information content (AvgIpc) is 3.22. The topological polar surface area (TPSA) is 89.0 Å². The first kappa shape index (κ1) is 18.2. The standard InChI is InChI=1S/C22H17N3O4/c26-21(16-5-2-1-3-6-16)24-18-8-4-7-17(12-18)22(27)25-23-13-15-9-10-19-20(11-15)29-14-28-19/h1-13H,14H2,(H,24,26)(H,25,27)/b23-13+. The number of carbonyl (C=O) groups excluding carboxylic acids is 2. The fraction of sp³-hybridized carbons (Fsp3) is 0.0455. The van der Waals surface area contributed by atoms with Crippen LogP contribution in [0.15, 0.2) is 77.9 Å². The Labute approximate surface area is 167 Å². The number of hydrogen-bond donors (Lipinski definition) is 2. The van der Waals surface area contributed by atoms with Gasteiger partial charge in [0, 0.05) is 16.8 Å². The summed E-state index contributed by atoms with van der Waals surface area (Å²) in [6, 6.07) is 20.9. The third-order valence-corrected chi connectivity index (χ3v) is 4.19. The predicted molar refractivity (Wildman–Crippen MR) is 108 cm³/mol.